The fraction of sp³-hybridized carbons (Fsp3) is 0.545. The number of rotatable bonds is 3. The minimum atomic E-state index is 0.209. The molecule has 70 valence electrons. The van der Waals surface area contributed by atoms with Crippen LogP contribution in [0.25, 0.3) is 0 Å². The Balaban J connectivity index is 2.39. The summed E-state index contributed by atoms with van der Waals surface area (Å²) < 4.78 is 0. The molecule has 1 aliphatic heterocycles. The van der Waals surface area contributed by atoms with Crippen LogP contribution in [0.15, 0.2) is 11.8 Å². The van der Waals surface area contributed by atoms with E-state index in [2.05, 4.69) is 5.92 Å². The van der Waals surface area contributed by atoms with Gasteiger partial charge in [-0.2, -0.15) is 0 Å². The number of carbonyl (C=O) groups excluding carboxylic acids is 1. The van der Waals surface area contributed by atoms with Crippen LogP contribution >= 0.6 is 0 Å². The maximum atomic E-state index is 11.1. The summed E-state index contributed by atoms with van der Waals surface area (Å²) in [5, 5.41) is 0. The Bertz CT molecular complexity index is 260. The summed E-state index contributed by atoms with van der Waals surface area (Å²) in [7, 11) is 1.81. The van der Waals surface area contributed by atoms with E-state index < -0.39 is 0 Å². The van der Waals surface area contributed by atoms with E-state index in [9.17, 15) is 4.79 Å². The third kappa shape index (κ3) is 2.95. The molecule has 1 rings (SSSR count). The van der Waals surface area contributed by atoms with Crippen LogP contribution in [-0.4, -0.2) is 17.9 Å². The molecule has 0 bridgehead atoms. The van der Waals surface area contributed by atoms with E-state index in [1.165, 1.54) is 5.57 Å². The van der Waals surface area contributed by atoms with Crippen LogP contribution in [0.2, 0.25) is 0 Å². The van der Waals surface area contributed by atoms with Crippen molar-refractivity contribution >= 4 is 5.91 Å². The Hall–Kier alpha value is -1.23. The van der Waals surface area contributed by atoms with E-state index in [1.54, 1.807) is 4.90 Å². The van der Waals surface area contributed by atoms with Crippen molar-refractivity contribution in [3.8, 4) is 12.3 Å². The maximum absolute atomic E-state index is 11.1. The lowest BCUT2D eigenvalue weighted by molar-refractivity contribution is -0.128. The Morgan fingerprint density at radius 2 is 2.38 bits per heavy atom. The van der Waals surface area contributed by atoms with Crippen LogP contribution in [0.4, 0.5) is 0 Å². The van der Waals surface area contributed by atoms with Gasteiger partial charge in [0, 0.05) is 26.1 Å². The fourth-order valence-corrected chi connectivity index (χ4v) is 1.46. The van der Waals surface area contributed by atoms with Crippen molar-refractivity contribution in [2.75, 3.05) is 7.05 Å². The van der Waals surface area contributed by atoms with E-state index in [0.29, 0.717) is 6.42 Å². The molecule has 0 radical (unpaired) electrons. The van der Waals surface area contributed by atoms with Crippen molar-refractivity contribution in [1.82, 2.24) is 4.90 Å². The molecule has 0 saturated heterocycles. The molecule has 13 heavy (non-hydrogen) atoms. The lowest BCUT2D eigenvalue weighted by Gasteiger charge is -2.20. The molecule has 0 aromatic rings. The van der Waals surface area contributed by atoms with E-state index in [1.807, 2.05) is 13.2 Å². The van der Waals surface area contributed by atoms with Crippen molar-refractivity contribution in [2.45, 2.75) is 32.1 Å². The Morgan fingerprint density at radius 3 is 3.00 bits per heavy atom. The van der Waals surface area contributed by atoms with Gasteiger partial charge in [0.2, 0.25) is 5.91 Å². The Kier molecular flexibility index (Phi) is 3.57. The molecule has 0 aliphatic carbocycles. The summed E-state index contributed by atoms with van der Waals surface area (Å²) in [6.45, 7) is 0. The average molecular weight is 177 g/mol. The standard InChI is InChI=1S/C11H15NO/c1-3-4-5-6-10-7-8-11(13)12(2)9-10/h1,9H,4-8H2,2H3. The van der Waals surface area contributed by atoms with Crippen LogP contribution < -0.4 is 0 Å². The van der Waals surface area contributed by atoms with Crippen LogP contribution in [0.3, 0.4) is 0 Å². The number of unbranched alkanes of at least 4 members (excludes halogenated alkanes) is 1. The first-order chi connectivity index (χ1) is 6.24. The van der Waals surface area contributed by atoms with Crippen molar-refractivity contribution in [2.24, 2.45) is 0 Å². The summed E-state index contributed by atoms with van der Waals surface area (Å²) in [6.07, 6.45) is 11.6. The summed E-state index contributed by atoms with van der Waals surface area (Å²) in [5.74, 6) is 2.83. The van der Waals surface area contributed by atoms with Crippen LogP contribution in [-0.2, 0) is 4.79 Å². The molecule has 0 saturated carbocycles. The number of amides is 1. The first kappa shape index (κ1) is 9.85. The molecule has 2 nitrogen and oxygen atoms in total. The van der Waals surface area contributed by atoms with E-state index in [0.717, 1.165) is 25.7 Å². The van der Waals surface area contributed by atoms with Gasteiger partial charge >= 0.3 is 0 Å². The molecular formula is C11H15NO. The molecule has 0 unspecified atom stereocenters. The van der Waals surface area contributed by atoms with Crippen molar-refractivity contribution in [3.05, 3.63) is 11.8 Å². The van der Waals surface area contributed by atoms with Gasteiger partial charge in [-0.1, -0.05) is 5.57 Å². The second-order valence-corrected chi connectivity index (χ2v) is 3.35. The molecule has 2 heteroatoms. The highest BCUT2D eigenvalue weighted by Gasteiger charge is 2.13. The smallest absolute Gasteiger partial charge is 0.226 e. The Morgan fingerprint density at radius 1 is 1.62 bits per heavy atom. The second-order valence-electron chi connectivity index (χ2n) is 3.35. The predicted octanol–water partition coefficient (Wildman–Crippen LogP) is 1.93. The van der Waals surface area contributed by atoms with Gasteiger partial charge in [0.1, 0.15) is 0 Å². The fourth-order valence-electron chi connectivity index (χ4n) is 1.46. The van der Waals surface area contributed by atoms with Gasteiger partial charge in [0.05, 0.1) is 0 Å². The first-order valence-electron chi connectivity index (χ1n) is 4.62. The van der Waals surface area contributed by atoms with Crippen LogP contribution in [0, 0.1) is 12.3 Å². The zero-order valence-corrected chi connectivity index (χ0v) is 8.05. The zero-order chi connectivity index (χ0) is 9.68. The largest absolute Gasteiger partial charge is 0.322 e. The number of carbonyl (C=O) groups is 1. The lowest BCUT2D eigenvalue weighted by atomic mass is 10.0. The molecule has 0 atom stereocenters. The van der Waals surface area contributed by atoms with Gasteiger partial charge in [-0.15, -0.1) is 12.3 Å². The number of hydrogen-bond donors (Lipinski definition) is 0. The lowest BCUT2D eigenvalue weighted by Crippen LogP contribution is -2.24. The van der Waals surface area contributed by atoms with Crippen molar-refractivity contribution in [1.29, 1.82) is 0 Å². The van der Waals surface area contributed by atoms with E-state index in [4.69, 9.17) is 6.42 Å². The molecule has 0 spiro atoms. The molecule has 1 amide bonds. The molecule has 0 aromatic carbocycles. The van der Waals surface area contributed by atoms with Gasteiger partial charge in [-0.05, 0) is 19.3 Å². The van der Waals surface area contributed by atoms with Crippen LogP contribution in [0.1, 0.15) is 32.1 Å². The predicted molar refractivity (Wildman–Crippen MR) is 52.8 cm³/mol. The van der Waals surface area contributed by atoms with E-state index in [-0.39, 0.29) is 5.91 Å². The van der Waals surface area contributed by atoms with Gasteiger partial charge in [-0.25, -0.2) is 0 Å². The monoisotopic (exact) mass is 177 g/mol. The molecule has 0 fully saturated rings. The number of hydrogen-bond acceptors (Lipinski definition) is 1. The minimum absolute atomic E-state index is 0.209. The van der Waals surface area contributed by atoms with Crippen molar-refractivity contribution < 1.29 is 4.79 Å². The average Bonchev–Trinajstić information content (AvgIpc) is 2.12. The second kappa shape index (κ2) is 4.71. The molecular weight excluding hydrogens is 162 g/mol. The summed E-state index contributed by atoms with van der Waals surface area (Å²) in [5.41, 5.74) is 1.34. The summed E-state index contributed by atoms with van der Waals surface area (Å²) >= 11 is 0. The minimum Gasteiger partial charge on any atom is -0.322 e. The first-order valence-corrected chi connectivity index (χ1v) is 4.62. The van der Waals surface area contributed by atoms with Crippen LogP contribution in [0.5, 0.6) is 0 Å². The van der Waals surface area contributed by atoms with Gasteiger partial charge in [0.15, 0.2) is 0 Å². The van der Waals surface area contributed by atoms with Crippen molar-refractivity contribution in [3.63, 3.8) is 0 Å². The molecule has 0 N–H and O–H groups in total. The highest BCUT2D eigenvalue weighted by atomic mass is 16.2. The summed E-state index contributed by atoms with van der Waals surface area (Å²) in [6, 6.07) is 0. The number of terminal acetylenes is 1. The topological polar surface area (TPSA) is 20.3 Å². The SMILES string of the molecule is C#CCCCC1=CN(C)C(=O)CC1. The van der Waals surface area contributed by atoms with Gasteiger partial charge in [0.25, 0.3) is 0 Å². The third-order valence-corrected chi connectivity index (χ3v) is 2.25. The number of nitrogens with zero attached hydrogens (tertiary/aromatic N) is 1. The third-order valence-electron chi connectivity index (χ3n) is 2.25. The summed E-state index contributed by atoms with van der Waals surface area (Å²) in [4.78, 5) is 12.8. The quantitative estimate of drug-likeness (QED) is 0.476. The zero-order valence-electron chi connectivity index (χ0n) is 8.05. The normalized spacial score (nSPS) is 16.8. The van der Waals surface area contributed by atoms with Gasteiger partial charge in [-0.3, -0.25) is 4.79 Å². The van der Waals surface area contributed by atoms with Gasteiger partial charge < -0.3 is 4.90 Å². The molecule has 1 aliphatic rings. The maximum Gasteiger partial charge on any atom is 0.226 e. The molecule has 0 aromatic heterocycles. The highest BCUT2D eigenvalue weighted by Crippen LogP contribution is 2.19. The highest BCUT2D eigenvalue weighted by molar-refractivity contribution is 5.78. The Labute approximate surface area is 79.6 Å². The van der Waals surface area contributed by atoms with E-state index >= 15 is 0 Å². The number of allylic oxidation sites excluding steroid dienone is 1. The molecule has 1 heterocycles.